The van der Waals surface area contributed by atoms with E-state index in [4.69, 9.17) is 0 Å². The maximum Gasteiger partial charge on any atom is 0.246 e. The van der Waals surface area contributed by atoms with E-state index in [2.05, 4.69) is 15.4 Å². The van der Waals surface area contributed by atoms with E-state index in [9.17, 15) is 13.2 Å². The van der Waals surface area contributed by atoms with Crippen molar-refractivity contribution in [3.8, 4) is 10.7 Å². The average Bonchev–Trinajstić information content (AvgIpc) is 3.28. The molecule has 1 fully saturated rings. The zero-order valence-electron chi connectivity index (χ0n) is 14.2. The van der Waals surface area contributed by atoms with Crippen LogP contribution < -0.4 is 0 Å². The number of thiophene rings is 1. The van der Waals surface area contributed by atoms with Crippen molar-refractivity contribution in [2.45, 2.75) is 45.3 Å². The summed E-state index contributed by atoms with van der Waals surface area (Å²) in [5.41, 5.74) is 0. The summed E-state index contributed by atoms with van der Waals surface area (Å²) in [7, 11) is -3.06. The van der Waals surface area contributed by atoms with Crippen LogP contribution in [0.2, 0.25) is 0 Å². The summed E-state index contributed by atoms with van der Waals surface area (Å²) in [5.74, 6) is 0.490. The van der Waals surface area contributed by atoms with E-state index < -0.39 is 9.84 Å². The predicted molar refractivity (Wildman–Crippen MR) is 94.8 cm³/mol. The first-order valence-corrected chi connectivity index (χ1v) is 10.9. The third-order valence-corrected chi connectivity index (χ3v) is 7.04. The Morgan fingerprint density at radius 3 is 2.92 bits per heavy atom. The molecule has 0 N–H and O–H groups in total. The highest BCUT2D eigenvalue weighted by Crippen LogP contribution is 2.22. The van der Waals surface area contributed by atoms with Crippen LogP contribution in [-0.2, 0) is 21.2 Å². The molecule has 0 unspecified atom stereocenters. The number of hydrogen-bond acceptors (Lipinski definition) is 7. The van der Waals surface area contributed by atoms with Gasteiger partial charge in [0, 0.05) is 12.1 Å². The van der Waals surface area contributed by atoms with E-state index in [-0.39, 0.29) is 36.0 Å². The Balaban J connectivity index is 1.74. The third-order valence-electron chi connectivity index (χ3n) is 4.43. The lowest BCUT2D eigenvalue weighted by molar-refractivity contribution is -0.136. The molecule has 1 aliphatic heterocycles. The summed E-state index contributed by atoms with van der Waals surface area (Å²) in [6, 6.07) is 3.48. The normalized spacial score (nSPS) is 20.5. The monoisotopic (exact) mass is 383 g/mol. The van der Waals surface area contributed by atoms with Gasteiger partial charge in [0.15, 0.2) is 9.84 Å². The van der Waals surface area contributed by atoms with Gasteiger partial charge in [-0.05, 0) is 36.4 Å². The SMILES string of the molecule is CC[C@@H](C)N(C(=O)Cn1nnc(-c2cccs2)n1)[C@@H]1CCS(=O)(=O)C1. The van der Waals surface area contributed by atoms with Crippen LogP contribution in [0.25, 0.3) is 10.7 Å². The van der Waals surface area contributed by atoms with Gasteiger partial charge < -0.3 is 4.90 Å². The summed E-state index contributed by atoms with van der Waals surface area (Å²) < 4.78 is 23.6. The van der Waals surface area contributed by atoms with Crippen molar-refractivity contribution < 1.29 is 13.2 Å². The minimum Gasteiger partial charge on any atom is -0.334 e. The van der Waals surface area contributed by atoms with Gasteiger partial charge >= 0.3 is 0 Å². The second-order valence-corrected chi connectivity index (χ2v) is 9.41. The number of tetrazole rings is 1. The molecule has 3 heterocycles. The number of nitrogens with zero attached hydrogens (tertiary/aromatic N) is 5. The van der Waals surface area contributed by atoms with Gasteiger partial charge in [-0.15, -0.1) is 21.5 Å². The van der Waals surface area contributed by atoms with Gasteiger partial charge in [-0.2, -0.15) is 4.80 Å². The van der Waals surface area contributed by atoms with Crippen LogP contribution in [0.3, 0.4) is 0 Å². The molecule has 1 saturated heterocycles. The van der Waals surface area contributed by atoms with Crippen molar-refractivity contribution in [3.05, 3.63) is 17.5 Å². The Bertz CT molecular complexity index is 831. The van der Waals surface area contributed by atoms with Crippen molar-refractivity contribution in [1.29, 1.82) is 0 Å². The zero-order chi connectivity index (χ0) is 18.0. The van der Waals surface area contributed by atoms with Crippen molar-refractivity contribution >= 4 is 27.1 Å². The number of amides is 1. The summed E-state index contributed by atoms with van der Waals surface area (Å²) in [6.45, 7) is 3.88. The maximum atomic E-state index is 12.8. The molecule has 8 nitrogen and oxygen atoms in total. The lowest BCUT2D eigenvalue weighted by Crippen LogP contribution is -2.48. The first kappa shape index (κ1) is 18.0. The smallest absolute Gasteiger partial charge is 0.246 e. The fraction of sp³-hybridized carbons (Fsp3) is 0.600. The first-order valence-electron chi connectivity index (χ1n) is 8.23. The van der Waals surface area contributed by atoms with Crippen molar-refractivity contribution in [3.63, 3.8) is 0 Å². The lowest BCUT2D eigenvalue weighted by atomic mass is 10.1. The molecule has 0 saturated carbocycles. The minimum absolute atomic E-state index is 0.0360. The molecule has 0 bridgehead atoms. The molecule has 1 amide bonds. The average molecular weight is 383 g/mol. The van der Waals surface area contributed by atoms with Crippen LogP contribution in [0.15, 0.2) is 17.5 Å². The summed E-state index contributed by atoms with van der Waals surface area (Å²) >= 11 is 1.50. The fourth-order valence-corrected chi connectivity index (χ4v) is 5.38. The zero-order valence-corrected chi connectivity index (χ0v) is 15.8. The molecule has 2 aromatic rings. The maximum absolute atomic E-state index is 12.8. The number of aromatic nitrogens is 4. The molecule has 2 aromatic heterocycles. The van der Waals surface area contributed by atoms with Crippen molar-refractivity contribution in [2.24, 2.45) is 0 Å². The molecule has 1 aliphatic rings. The Morgan fingerprint density at radius 2 is 2.32 bits per heavy atom. The standard InChI is InChI=1S/C15H21N5O3S2/c1-3-11(2)20(12-6-8-25(22,23)10-12)14(21)9-19-17-15(16-18-19)13-5-4-7-24-13/h4-5,7,11-12H,3,6,8-10H2,1-2H3/t11-,12-/m1/s1. The number of carbonyl (C=O) groups excluding carboxylic acids is 1. The molecule has 136 valence electrons. The molecule has 0 aliphatic carbocycles. The van der Waals surface area contributed by atoms with Crippen LogP contribution in [0, 0.1) is 0 Å². The quantitative estimate of drug-likeness (QED) is 0.744. The molecule has 0 radical (unpaired) electrons. The Labute approximate surface area is 150 Å². The number of carbonyl (C=O) groups is 1. The number of hydrogen-bond donors (Lipinski definition) is 0. The van der Waals surface area contributed by atoms with Gasteiger partial charge in [-0.1, -0.05) is 13.0 Å². The molecule has 0 aromatic carbocycles. The first-order chi connectivity index (χ1) is 11.9. The van der Waals surface area contributed by atoms with Gasteiger partial charge in [0.05, 0.1) is 16.4 Å². The highest BCUT2D eigenvalue weighted by molar-refractivity contribution is 7.91. The third kappa shape index (κ3) is 4.06. The van der Waals surface area contributed by atoms with E-state index >= 15 is 0 Å². The summed E-state index contributed by atoms with van der Waals surface area (Å²) in [6.07, 6.45) is 1.25. The van der Waals surface area contributed by atoms with Gasteiger partial charge in [0.25, 0.3) is 0 Å². The Kier molecular flexibility index (Phi) is 5.19. The van der Waals surface area contributed by atoms with Gasteiger partial charge in [0.2, 0.25) is 11.7 Å². The van der Waals surface area contributed by atoms with Crippen LogP contribution >= 0.6 is 11.3 Å². The Morgan fingerprint density at radius 1 is 1.52 bits per heavy atom. The van der Waals surface area contributed by atoms with E-state index in [0.717, 1.165) is 11.3 Å². The molecule has 3 rings (SSSR count). The van der Waals surface area contributed by atoms with Gasteiger partial charge in [0.1, 0.15) is 6.54 Å². The second kappa shape index (κ2) is 7.20. The van der Waals surface area contributed by atoms with Crippen LogP contribution in [0.1, 0.15) is 26.7 Å². The highest BCUT2D eigenvalue weighted by Gasteiger charge is 2.36. The number of sulfone groups is 1. The van der Waals surface area contributed by atoms with E-state index in [1.54, 1.807) is 4.90 Å². The molecule has 2 atom stereocenters. The topological polar surface area (TPSA) is 98.1 Å². The van der Waals surface area contributed by atoms with E-state index in [0.29, 0.717) is 12.2 Å². The largest absolute Gasteiger partial charge is 0.334 e. The predicted octanol–water partition coefficient (Wildman–Crippen LogP) is 1.22. The summed E-state index contributed by atoms with van der Waals surface area (Å²) in [4.78, 5) is 16.7. The second-order valence-electron chi connectivity index (χ2n) is 6.24. The number of rotatable bonds is 6. The van der Waals surface area contributed by atoms with Gasteiger partial charge in [-0.3, -0.25) is 4.79 Å². The minimum atomic E-state index is -3.06. The van der Waals surface area contributed by atoms with Crippen LogP contribution in [0.5, 0.6) is 0 Å². The van der Waals surface area contributed by atoms with E-state index in [1.807, 2.05) is 31.4 Å². The van der Waals surface area contributed by atoms with Gasteiger partial charge in [-0.25, -0.2) is 8.42 Å². The summed E-state index contributed by atoms with van der Waals surface area (Å²) in [5, 5.41) is 14.1. The molecular weight excluding hydrogens is 362 g/mol. The van der Waals surface area contributed by atoms with Crippen LogP contribution in [0.4, 0.5) is 0 Å². The molecule has 25 heavy (non-hydrogen) atoms. The van der Waals surface area contributed by atoms with Crippen LogP contribution in [-0.4, -0.2) is 63.0 Å². The molecule has 10 heteroatoms. The molecule has 0 spiro atoms. The lowest BCUT2D eigenvalue weighted by Gasteiger charge is -2.33. The van der Waals surface area contributed by atoms with Crippen molar-refractivity contribution in [1.82, 2.24) is 25.1 Å². The van der Waals surface area contributed by atoms with Crippen molar-refractivity contribution in [2.75, 3.05) is 11.5 Å². The fourth-order valence-electron chi connectivity index (χ4n) is 3.02. The molecular formula is C15H21N5O3S2. The highest BCUT2D eigenvalue weighted by atomic mass is 32.2. The Hall–Kier alpha value is -1.81. The van der Waals surface area contributed by atoms with E-state index in [1.165, 1.54) is 16.1 Å².